The number of benzene rings is 2. The van der Waals surface area contributed by atoms with E-state index in [0.717, 1.165) is 18.4 Å². The second-order valence-corrected chi connectivity index (χ2v) is 16.7. The Balaban J connectivity index is 1.56. The van der Waals surface area contributed by atoms with E-state index in [2.05, 4.69) is 39.9 Å². The molecule has 6 rings (SSSR count). The zero-order valence-electron chi connectivity index (χ0n) is 33.3. The molecule has 4 aliphatic rings. The molecule has 7 atom stereocenters. The summed E-state index contributed by atoms with van der Waals surface area (Å²) in [6, 6.07) is 11.1. The molecule has 3 amide bonds. The number of ether oxygens (including phenoxy) is 3. The Morgan fingerprint density at radius 1 is 0.962 bits per heavy atom. The number of carbonyl (C=O) groups excluding carboxylic acids is 3. The quantitative estimate of drug-likeness (QED) is 0.207. The van der Waals surface area contributed by atoms with Crippen molar-refractivity contribution in [3.63, 3.8) is 0 Å². The number of primary amides is 1. The van der Waals surface area contributed by atoms with E-state index in [1.54, 1.807) is 17.0 Å². The van der Waals surface area contributed by atoms with Crippen LogP contribution in [0.15, 0.2) is 42.5 Å². The maximum Gasteiger partial charge on any atom is 0.481 e. The van der Waals surface area contributed by atoms with Gasteiger partial charge in [0.15, 0.2) is 11.5 Å². The summed E-state index contributed by atoms with van der Waals surface area (Å²) in [5.41, 5.74) is 7.38. The average Bonchev–Trinajstić information content (AvgIpc) is 3.48. The number of amides is 3. The van der Waals surface area contributed by atoms with Crippen LogP contribution in [0.5, 0.6) is 17.2 Å². The van der Waals surface area contributed by atoms with E-state index in [-0.39, 0.29) is 42.1 Å². The maximum atomic E-state index is 15.4. The Labute approximate surface area is 316 Å². The lowest BCUT2D eigenvalue weighted by Crippen LogP contribution is -2.66. The lowest BCUT2D eigenvalue weighted by molar-refractivity contribution is -0.199. The van der Waals surface area contributed by atoms with Gasteiger partial charge in [0.25, 0.3) is 0 Å². The summed E-state index contributed by atoms with van der Waals surface area (Å²) < 4.78 is 30.8. The highest BCUT2D eigenvalue weighted by Gasteiger charge is 2.69. The molecule has 0 aromatic heterocycles. The third kappa shape index (κ3) is 8.04. The first-order valence-electron chi connectivity index (χ1n) is 19.1. The average molecular weight is 734 g/mol. The number of nitrogens with one attached hydrogen (secondary N) is 1. The van der Waals surface area contributed by atoms with Crippen LogP contribution >= 0.6 is 0 Å². The van der Waals surface area contributed by atoms with E-state index >= 15 is 4.79 Å². The lowest BCUT2D eigenvalue weighted by atomic mass is 9.43. The van der Waals surface area contributed by atoms with E-state index in [0.29, 0.717) is 47.5 Å². The molecule has 3 N–H and O–H groups in total. The first kappa shape index (κ1) is 40.4. The minimum atomic E-state index is -1.11. The van der Waals surface area contributed by atoms with Gasteiger partial charge in [-0.3, -0.25) is 14.4 Å². The van der Waals surface area contributed by atoms with Crippen LogP contribution in [-0.2, 0) is 36.5 Å². The number of hydrogen-bond acceptors (Lipinski definition) is 8. The van der Waals surface area contributed by atoms with Gasteiger partial charge in [0, 0.05) is 18.4 Å². The smallest absolute Gasteiger partial charge is 0.481 e. The van der Waals surface area contributed by atoms with E-state index < -0.39 is 42.6 Å². The van der Waals surface area contributed by atoms with Crippen molar-refractivity contribution >= 4 is 24.8 Å². The monoisotopic (exact) mass is 733 g/mol. The molecule has 0 unspecified atom stereocenters. The van der Waals surface area contributed by atoms with Gasteiger partial charge < -0.3 is 39.5 Å². The topological polar surface area (TPSA) is 139 Å². The van der Waals surface area contributed by atoms with Gasteiger partial charge in [0.05, 0.1) is 39.0 Å². The second kappa shape index (κ2) is 16.3. The first-order chi connectivity index (χ1) is 25.1. The highest BCUT2D eigenvalue weighted by Crippen LogP contribution is 2.66. The molecule has 2 aromatic carbocycles. The summed E-state index contributed by atoms with van der Waals surface area (Å²) in [6.07, 6.45) is 3.00. The van der Waals surface area contributed by atoms with E-state index in [1.807, 2.05) is 44.2 Å². The summed E-state index contributed by atoms with van der Waals surface area (Å²) in [5, 5.41) is 3.06. The predicted octanol–water partition coefficient (Wildman–Crippen LogP) is 5.39. The van der Waals surface area contributed by atoms with Gasteiger partial charge in [0.2, 0.25) is 23.5 Å². The van der Waals surface area contributed by atoms with Gasteiger partial charge in [-0.05, 0) is 73.3 Å². The van der Waals surface area contributed by atoms with Crippen molar-refractivity contribution in [1.29, 1.82) is 0 Å². The third-order valence-corrected chi connectivity index (χ3v) is 12.2. The maximum absolute atomic E-state index is 15.4. The molecule has 2 bridgehead atoms. The van der Waals surface area contributed by atoms with Crippen LogP contribution in [0.2, 0.25) is 0 Å². The zero-order valence-corrected chi connectivity index (χ0v) is 33.3. The third-order valence-electron chi connectivity index (χ3n) is 12.2. The highest BCUT2D eigenvalue weighted by atomic mass is 16.7. The van der Waals surface area contributed by atoms with Crippen LogP contribution in [0, 0.1) is 29.1 Å². The Hall–Kier alpha value is -3.77. The van der Waals surface area contributed by atoms with Gasteiger partial charge in [0.1, 0.15) is 12.1 Å². The van der Waals surface area contributed by atoms with Crippen molar-refractivity contribution < 1.29 is 37.9 Å². The number of methoxy groups -OCH3 is 3. The number of carbonyl (C=O) groups is 3. The Bertz CT molecular complexity index is 1620. The molecule has 4 fully saturated rings. The Morgan fingerprint density at radius 3 is 2.21 bits per heavy atom. The SMILES string of the molecule is COc1ccc(C[C@H](NC(=O)CCc2ccccc2)C(=O)N([C@H](C(N)=O)C(C)C)[C@@H](CC(C)C)B2O[C@@H]3C[C@@H]4C[C@@H](C4(C)C)[C@]3(C)O2)c(OC)c1OC. The van der Waals surface area contributed by atoms with Crippen molar-refractivity contribution in [1.82, 2.24) is 10.2 Å². The fourth-order valence-corrected chi connectivity index (χ4v) is 9.29. The van der Waals surface area contributed by atoms with Crippen LogP contribution in [0.1, 0.15) is 85.3 Å². The summed E-state index contributed by atoms with van der Waals surface area (Å²) in [6.45, 7) is 14.7. The number of nitrogens with zero attached hydrogens (tertiary/aromatic N) is 1. The summed E-state index contributed by atoms with van der Waals surface area (Å²) in [4.78, 5) is 44.3. The molecular weight excluding hydrogens is 673 g/mol. The van der Waals surface area contributed by atoms with Gasteiger partial charge in [-0.2, -0.15) is 0 Å². The number of nitrogens with two attached hydrogens (primary N) is 1. The van der Waals surface area contributed by atoms with Crippen LogP contribution in [0.3, 0.4) is 0 Å². The van der Waals surface area contributed by atoms with E-state index in [9.17, 15) is 9.59 Å². The molecule has 1 heterocycles. The molecule has 3 saturated carbocycles. The molecule has 1 saturated heterocycles. The van der Waals surface area contributed by atoms with Crippen LogP contribution < -0.4 is 25.3 Å². The fourth-order valence-electron chi connectivity index (χ4n) is 9.29. The van der Waals surface area contributed by atoms with E-state index in [1.165, 1.54) is 21.3 Å². The minimum absolute atomic E-state index is 0.0403. The molecule has 12 heteroatoms. The Morgan fingerprint density at radius 2 is 1.64 bits per heavy atom. The Kier molecular flexibility index (Phi) is 12.4. The molecule has 1 aliphatic heterocycles. The van der Waals surface area contributed by atoms with Crippen LogP contribution in [0.25, 0.3) is 0 Å². The lowest BCUT2D eigenvalue weighted by Gasteiger charge is -2.64. The molecule has 2 aromatic rings. The fraction of sp³-hybridized carbons (Fsp3) is 0.634. The van der Waals surface area contributed by atoms with Crippen molar-refractivity contribution in [3.8, 4) is 17.2 Å². The van der Waals surface area contributed by atoms with Gasteiger partial charge in [-0.1, -0.05) is 77.9 Å². The molecule has 0 radical (unpaired) electrons. The molecule has 290 valence electrons. The van der Waals surface area contributed by atoms with Crippen LogP contribution in [-0.4, -0.2) is 80.8 Å². The normalized spacial score (nSPS) is 24.5. The first-order valence-corrected chi connectivity index (χ1v) is 19.1. The molecule has 53 heavy (non-hydrogen) atoms. The molecule has 11 nitrogen and oxygen atoms in total. The largest absolute Gasteiger partial charge is 0.493 e. The van der Waals surface area contributed by atoms with Gasteiger partial charge in [-0.15, -0.1) is 0 Å². The summed E-state index contributed by atoms with van der Waals surface area (Å²) >= 11 is 0. The molecule has 3 aliphatic carbocycles. The van der Waals surface area contributed by atoms with Crippen molar-refractivity contribution in [2.24, 2.45) is 34.8 Å². The van der Waals surface area contributed by atoms with Crippen molar-refractivity contribution in [2.75, 3.05) is 21.3 Å². The number of hydrogen-bond donors (Lipinski definition) is 2. The highest BCUT2D eigenvalue weighted by molar-refractivity contribution is 6.48. The second-order valence-electron chi connectivity index (χ2n) is 16.7. The molecule has 0 spiro atoms. The van der Waals surface area contributed by atoms with Crippen LogP contribution in [0.4, 0.5) is 0 Å². The summed E-state index contributed by atoms with van der Waals surface area (Å²) in [5.74, 6) is -0.246. The van der Waals surface area contributed by atoms with Crippen molar-refractivity contribution in [3.05, 3.63) is 53.6 Å². The van der Waals surface area contributed by atoms with Gasteiger partial charge in [-0.25, -0.2) is 0 Å². The predicted molar refractivity (Wildman–Crippen MR) is 205 cm³/mol. The number of aryl methyl sites for hydroxylation is 1. The standard InChI is InChI=1S/C41H60BN3O8/c1-24(2)20-33(42-52-32-23-28-22-31(40(28,5)6)41(32,7)53-42)45(35(25(3)4)38(43)47)39(48)29(44-34(46)19-16-26-14-12-11-13-15-26)21-27-17-18-30(49-8)37(51-10)36(27)50-9/h11-15,17-18,24-25,28-29,31-33,35H,16,19-23H2,1-10H3,(H2,43,47)(H,44,46)/t28-,29-,31-,32+,33-,35-,41-/m0/s1. The zero-order chi connectivity index (χ0) is 38.8. The van der Waals surface area contributed by atoms with Gasteiger partial charge >= 0.3 is 7.12 Å². The van der Waals surface area contributed by atoms with Crippen molar-refractivity contribution in [2.45, 2.75) is 117 Å². The summed E-state index contributed by atoms with van der Waals surface area (Å²) in [7, 11) is 3.77. The molecular formula is C41H60BN3O8. The minimum Gasteiger partial charge on any atom is -0.493 e. The van der Waals surface area contributed by atoms with E-state index in [4.69, 9.17) is 29.3 Å². The number of rotatable bonds is 17.